The predicted molar refractivity (Wildman–Crippen MR) is 80.6 cm³/mol. The van der Waals surface area contributed by atoms with Crippen LogP contribution in [0.2, 0.25) is 0 Å². The van der Waals surface area contributed by atoms with Crippen LogP contribution < -0.4 is 0 Å². The van der Waals surface area contributed by atoms with Gasteiger partial charge < -0.3 is 0 Å². The van der Waals surface area contributed by atoms with E-state index in [2.05, 4.69) is 25.8 Å². The van der Waals surface area contributed by atoms with Crippen LogP contribution in [-0.4, -0.2) is 27.0 Å². The molecule has 108 valence electrons. The van der Waals surface area contributed by atoms with Crippen LogP contribution in [0.15, 0.2) is 46.7 Å². The maximum atomic E-state index is 13.6. The van der Waals surface area contributed by atoms with Crippen molar-refractivity contribution in [1.82, 2.24) is 9.55 Å². The maximum Gasteiger partial charge on any atom is 0.219 e. The normalized spacial score (nSPS) is 15.8. The van der Waals surface area contributed by atoms with E-state index in [1.807, 2.05) is 6.07 Å². The summed E-state index contributed by atoms with van der Waals surface area (Å²) in [5.41, 5.74) is 0. The molecular formula is C15H19FN2OS. The smallest absolute Gasteiger partial charge is 0.219 e. The molecule has 2 aromatic rings. The van der Waals surface area contributed by atoms with E-state index in [1.165, 1.54) is 10.6 Å². The Hall–Kier alpha value is -1.62. The summed E-state index contributed by atoms with van der Waals surface area (Å²) < 4.78 is 15.2. The van der Waals surface area contributed by atoms with Crippen LogP contribution in [0.1, 0.15) is 20.8 Å². The van der Waals surface area contributed by atoms with Crippen LogP contribution in [0.25, 0.3) is 0 Å². The summed E-state index contributed by atoms with van der Waals surface area (Å²) in [5.74, 6) is 0.566. The highest BCUT2D eigenvalue weighted by Gasteiger charge is 2.34. The molecule has 20 heavy (non-hydrogen) atoms. The standard InChI is InChI=1S/C15H19FN2OS/c1-4-20(12(2)3,14-7-5-6-13(16)10-14)15-17-8-9-18(15)11-19/h5-12H,4H2,1-3H3. The highest BCUT2D eigenvalue weighted by molar-refractivity contribution is 8.34. The molecule has 1 atom stereocenters. The summed E-state index contributed by atoms with van der Waals surface area (Å²) in [6, 6.07) is 6.67. The minimum Gasteiger partial charge on any atom is -0.278 e. The highest BCUT2D eigenvalue weighted by Crippen LogP contribution is 2.64. The van der Waals surface area contributed by atoms with Crippen molar-refractivity contribution in [2.45, 2.75) is 36.1 Å². The molecule has 0 amide bonds. The zero-order chi connectivity index (χ0) is 14.8. The molecule has 0 aliphatic carbocycles. The van der Waals surface area contributed by atoms with Crippen LogP contribution in [-0.2, 0) is 4.79 Å². The average molecular weight is 294 g/mol. The Kier molecular flexibility index (Phi) is 4.28. The van der Waals surface area contributed by atoms with Crippen molar-refractivity contribution >= 4 is 16.4 Å². The van der Waals surface area contributed by atoms with Gasteiger partial charge in [-0.15, -0.1) is 0 Å². The molecule has 0 N–H and O–H groups in total. The third-order valence-corrected chi connectivity index (χ3v) is 8.13. The van der Waals surface area contributed by atoms with Crippen LogP contribution >= 0.6 is 10.0 Å². The summed E-state index contributed by atoms with van der Waals surface area (Å²) in [5, 5.41) is 1.01. The van der Waals surface area contributed by atoms with E-state index in [4.69, 9.17) is 0 Å². The number of imidazole rings is 1. The van der Waals surface area contributed by atoms with Crippen molar-refractivity contribution in [3.63, 3.8) is 0 Å². The molecule has 0 saturated heterocycles. The molecule has 0 spiro atoms. The van der Waals surface area contributed by atoms with Crippen LogP contribution in [0, 0.1) is 5.82 Å². The fourth-order valence-corrected chi connectivity index (χ4v) is 6.38. The van der Waals surface area contributed by atoms with Crippen molar-refractivity contribution in [3.8, 4) is 0 Å². The average Bonchev–Trinajstić information content (AvgIpc) is 2.89. The number of carbonyl (C=O) groups excluding carboxylic acids is 1. The summed E-state index contributed by atoms with van der Waals surface area (Å²) >= 11 is 0. The van der Waals surface area contributed by atoms with E-state index < -0.39 is 10.0 Å². The monoisotopic (exact) mass is 294 g/mol. The van der Waals surface area contributed by atoms with E-state index in [0.29, 0.717) is 0 Å². The van der Waals surface area contributed by atoms with Gasteiger partial charge in [-0.2, -0.15) is 10.0 Å². The molecule has 5 heteroatoms. The van der Waals surface area contributed by atoms with E-state index in [-0.39, 0.29) is 11.1 Å². The number of halogens is 1. The highest BCUT2D eigenvalue weighted by atomic mass is 32.3. The van der Waals surface area contributed by atoms with Crippen molar-refractivity contribution < 1.29 is 9.18 Å². The van der Waals surface area contributed by atoms with Gasteiger partial charge >= 0.3 is 0 Å². The van der Waals surface area contributed by atoms with Crippen molar-refractivity contribution in [2.75, 3.05) is 5.75 Å². The molecule has 0 bridgehead atoms. The Bertz CT molecular complexity index is 611. The molecule has 0 saturated carbocycles. The van der Waals surface area contributed by atoms with Gasteiger partial charge in [0, 0.05) is 12.4 Å². The number of aromatic nitrogens is 2. The lowest BCUT2D eigenvalue weighted by atomic mass is 10.3. The van der Waals surface area contributed by atoms with E-state index >= 15 is 0 Å². The van der Waals surface area contributed by atoms with Gasteiger partial charge in [0.1, 0.15) is 5.82 Å². The second-order valence-corrected chi connectivity index (χ2v) is 8.75. The summed E-state index contributed by atoms with van der Waals surface area (Å²) in [7, 11) is -1.55. The first-order chi connectivity index (χ1) is 9.56. The third-order valence-electron chi connectivity index (χ3n) is 3.55. The molecule has 3 nitrogen and oxygen atoms in total. The molecule has 0 fully saturated rings. The van der Waals surface area contributed by atoms with Crippen LogP contribution in [0.5, 0.6) is 0 Å². The van der Waals surface area contributed by atoms with E-state index in [9.17, 15) is 9.18 Å². The molecule has 1 aromatic carbocycles. The molecule has 0 aliphatic heterocycles. The van der Waals surface area contributed by atoms with Gasteiger partial charge in [0.15, 0.2) is 5.16 Å². The summed E-state index contributed by atoms with van der Waals surface area (Å²) in [4.78, 5) is 16.6. The van der Waals surface area contributed by atoms with Crippen molar-refractivity contribution in [2.24, 2.45) is 0 Å². The minimum atomic E-state index is -1.55. The number of benzene rings is 1. The number of carbonyl (C=O) groups is 1. The molecule has 0 aliphatic rings. The topological polar surface area (TPSA) is 34.9 Å². The van der Waals surface area contributed by atoms with Crippen LogP contribution in [0.3, 0.4) is 0 Å². The fourth-order valence-electron chi connectivity index (χ4n) is 2.57. The van der Waals surface area contributed by atoms with Gasteiger partial charge in [0.05, 0.1) is 0 Å². The Morgan fingerprint density at radius 3 is 2.75 bits per heavy atom. The zero-order valence-corrected chi connectivity index (χ0v) is 12.7. The molecule has 1 aromatic heterocycles. The Morgan fingerprint density at radius 1 is 1.45 bits per heavy atom. The van der Waals surface area contributed by atoms with Crippen molar-refractivity contribution in [1.29, 1.82) is 0 Å². The van der Waals surface area contributed by atoms with E-state index in [0.717, 1.165) is 22.2 Å². The first-order valence-corrected chi connectivity index (χ1v) is 8.46. The molecular weight excluding hydrogens is 275 g/mol. The lowest BCUT2D eigenvalue weighted by Gasteiger charge is -2.42. The minimum absolute atomic E-state index is 0.252. The second kappa shape index (κ2) is 5.79. The first kappa shape index (κ1) is 14.8. The summed E-state index contributed by atoms with van der Waals surface area (Å²) in [6.45, 7) is 6.28. The van der Waals surface area contributed by atoms with Gasteiger partial charge in [-0.25, -0.2) is 9.37 Å². The quantitative estimate of drug-likeness (QED) is 0.788. The van der Waals surface area contributed by atoms with Crippen molar-refractivity contribution in [3.05, 3.63) is 42.5 Å². The molecule has 0 radical (unpaired) electrons. The maximum absolute atomic E-state index is 13.6. The number of nitrogens with zero attached hydrogens (tertiary/aromatic N) is 2. The molecule has 1 unspecified atom stereocenters. The number of rotatable bonds is 5. The van der Waals surface area contributed by atoms with E-state index in [1.54, 1.807) is 24.5 Å². The van der Waals surface area contributed by atoms with Crippen LogP contribution in [0.4, 0.5) is 4.39 Å². The first-order valence-electron chi connectivity index (χ1n) is 6.60. The second-order valence-electron chi connectivity index (χ2n) is 4.81. The van der Waals surface area contributed by atoms with Gasteiger partial charge in [0.2, 0.25) is 6.41 Å². The zero-order valence-electron chi connectivity index (χ0n) is 11.9. The Morgan fingerprint density at radius 2 is 2.20 bits per heavy atom. The predicted octanol–water partition coefficient (Wildman–Crippen LogP) is 3.71. The largest absolute Gasteiger partial charge is 0.278 e. The molecule has 1 heterocycles. The Labute approximate surface area is 120 Å². The number of hydrogen-bond acceptors (Lipinski definition) is 2. The SMILES string of the molecule is CCS(c1cccc(F)c1)(c1nccn1C=O)C(C)C. The van der Waals surface area contributed by atoms with Gasteiger partial charge in [-0.3, -0.25) is 9.36 Å². The third kappa shape index (κ3) is 2.26. The fraction of sp³-hybridized carbons (Fsp3) is 0.333. The molecule has 2 rings (SSSR count). The lowest BCUT2D eigenvalue weighted by Crippen LogP contribution is -2.20. The lowest BCUT2D eigenvalue weighted by molar-refractivity contribution is 0.542. The Balaban J connectivity index is 2.71. The van der Waals surface area contributed by atoms with Gasteiger partial charge in [0.25, 0.3) is 0 Å². The summed E-state index contributed by atoms with van der Waals surface area (Å²) in [6.07, 6.45) is 4.05. The number of hydrogen-bond donors (Lipinski definition) is 0. The van der Waals surface area contributed by atoms with Gasteiger partial charge in [-0.1, -0.05) is 26.8 Å². The van der Waals surface area contributed by atoms with Gasteiger partial charge in [-0.05, 0) is 34.1 Å².